The Bertz CT molecular complexity index is 576. The number of hydrogen-bond acceptors (Lipinski definition) is 3. The van der Waals surface area contributed by atoms with Gasteiger partial charge in [0.15, 0.2) is 0 Å². The van der Waals surface area contributed by atoms with Crippen molar-refractivity contribution in [2.75, 3.05) is 0 Å². The van der Waals surface area contributed by atoms with E-state index in [0.29, 0.717) is 0 Å². The van der Waals surface area contributed by atoms with Gasteiger partial charge in [-0.05, 0) is 31.6 Å². The fourth-order valence-electron chi connectivity index (χ4n) is 1.51. The van der Waals surface area contributed by atoms with E-state index in [1.54, 1.807) is 6.07 Å². The second-order valence-corrected chi connectivity index (χ2v) is 3.87. The topological polar surface area (TPSA) is 101 Å². The van der Waals surface area contributed by atoms with E-state index in [9.17, 15) is 9.59 Å². The summed E-state index contributed by atoms with van der Waals surface area (Å²) in [6.45, 7) is 3.79. The lowest BCUT2D eigenvalue weighted by Crippen LogP contribution is -2.35. The lowest BCUT2D eigenvalue weighted by atomic mass is 10.1. The van der Waals surface area contributed by atoms with Crippen LogP contribution in [0.25, 0.3) is 6.08 Å². The molecule has 1 heterocycles. The van der Waals surface area contributed by atoms with E-state index in [1.165, 1.54) is 6.08 Å². The number of nitrogens with two attached hydrogens (primary N) is 1. The van der Waals surface area contributed by atoms with E-state index >= 15 is 0 Å². The third kappa shape index (κ3) is 2.77. The van der Waals surface area contributed by atoms with Gasteiger partial charge < -0.3 is 10.3 Å². The normalized spacial score (nSPS) is 10.9. The first kappa shape index (κ1) is 13.5. The molecular formula is C12H14N4O2. The number of imide groups is 1. The second kappa shape index (κ2) is 5.19. The van der Waals surface area contributed by atoms with Gasteiger partial charge in [0.25, 0.3) is 5.91 Å². The molecular weight excluding hydrogens is 232 g/mol. The minimum absolute atomic E-state index is 0.164. The average Bonchev–Trinajstić information content (AvgIpc) is 2.52. The molecule has 0 aliphatic heterocycles. The summed E-state index contributed by atoms with van der Waals surface area (Å²) in [5, 5.41) is 10.8. The summed E-state index contributed by atoms with van der Waals surface area (Å²) in [4.78, 5) is 22.0. The van der Waals surface area contributed by atoms with E-state index in [0.717, 1.165) is 17.0 Å². The summed E-state index contributed by atoms with van der Waals surface area (Å²) in [7, 11) is 1.89. The van der Waals surface area contributed by atoms with Crippen molar-refractivity contribution in [3.8, 4) is 6.07 Å². The molecule has 0 aliphatic carbocycles. The van der Waals surface area contributed by atoms with Crippen LogP contribution >= 0.6 is 0 Å². The zero-order valence-corrected chi connectivity index (χ0v) is 10.4. The lowest BCUT2D eigenvalue weighted by Gasteiger charge is -2.00. The van der Waals surface area contributed by atoms with Crippen LogP contribution in [-0.4, -0.2) is 16.5 Å². The van der Waals surface area contributed by atoms with Gasteiger partial charge in [-0.2, -0.15) is 5.26 Å². The van der Waals surface area contributed by atoms with Crippen LogP contribution < -0.4 is 11.1 Å². The molecule has 0 saturated heterocycles. The number of carbonyl (C=O) groups is 2. The SMILES string of the molecule is Cc1cc(/C=C(/C#N)C(=O)NC(N)=O)c(C)n1C. The van der Waals surface area contributed by atoms with Crippen LogP contribution in [0.5, 0.6) is 0 Å². The van der Waals surface area contributed by atoms with E-state index in [2.05, 4.69) is 0 Å². The van der Waals surface area contributed by atoms with E-state index < -0.39 is 11.9 Å². The summed E-state index contributed by atoms with van der Waals surface area (Å²) in [6, 6.07) is 2.61. The van der Waals surface area contributed by atoms with Gasteiger partial charge in [-0.25, -0.2) is 4.79 Å². The molecule has 3 N–H and O–H groups in total. The fraction of sp³-hybridized carbons (Fsp3) is 0.250. The molecule has 0 fully saturated rings. The van der Waals surface area contributed by atoms with Crippen molar-refractivity contribution < 1.29 is 9.59 Å². The number of nitrogens with zero attached hydrogens (tertiary/aromatic N) is 2. The monoisotopic (exact) mass is 246 g/mol. The summed E-state index contributed by atoms with van der Waals surface area (Å²) in [6.07, 6.45) is 1.43. The first-order valence-electron chi connectivity index (χ1n) is 5.22. The Balaban J connectivity index is 3.13. The molecule has 0 unspecified atom stereocenters. The highest BCUT2D eigenvalue weighted by Gasteiger charge is 2.12. The van der Waals surface area contributed by atoms with E-state index in [-0.39, 0.29) is 5.57 Å². The molecule has 3 amide bonds. The van der Waals surface area contributed by atoms with Crippen molar-refractivity contribution in [1.82, 2.24) is 9.88 Å². The number of urea groups is 1. The smallest absolute Gasteiger partial charge is 0.319 e. The molecule has 1 rings (SSSR count). The van der Waals surface area contributed by atoms with E-state index in [4.69, 9.17) is 11.0 Å². The molecule has 6 nitrogen and oxygen atoms in total. The third-order valence-electron chi connectivity index (χ3n) is 2.72. The molecule has 0 radical (unpaired) electrons. The van der Waals surface area contributed by atoms with Crippen molar-refractivity contribution in [3.63, 3.8) is 0 Å². The van der Waals surface area contributed by atoms with Crippen LogP contribution in [0.15, 0.2) is 11.6 Å². The summed E-state index contributed by atoms with van der Waals surface area (Å²) >= 11 is 0. The molecule has 18 heavy (non-hydrogen) atoms. The van der Waals surface area contributed by atoms with Crippen LogP contribution in [0.4, 0.5) is 4.79 Å². The molecule has 0 bridgehead atoms. The van der Waals surface area contributed by atoms with Crippen LogP contribution in [0.3, 0.4) is 0 Å². The van der Waals surface area contributed by atoms with Crippen LogP contribution in [-0.2, 0) is 11.8 Å². The van der Waals surface area contributed by atoms with Gasteiger partial charge in [-0.15, -0.1) is 0 Å². The summed E-state index contributed by atoms with van der Waals surface area (Å²) in [5.74, 6) is -0.800. The third-order valence-corrected chi connectivity index (χ3v) is 2.72. The van der Waals surface area contributed by atoms with Crippen molar-refractivity contribution >= 4 is 18.0 Å². The maximum atomic E-state index is 11.5. The zero-order chi connectivity index (χ0) is 13.9. The Kier molecular flexibility index (Phi) is 3.89. The van der Waals surface area contributed by atoms with Crippen LogP contribution in [0.1, 0.15) is 17.0 Å². The number of hydrogen-bond donors (Lipinski definition) is 2. The number of aromatic nitrogens is 1. The number of aryl methyl sites for hydroxylation is 1. The molecule has 0 atom stereocenters. The molecule has 0 aliphatic rings. The van der Waals surface area contributed by atoms with Gasteiger partial charge in [-0.3, -0.25) is 10.1 Å². The standard InChI is InChI=1S/C12H14N4O2/c1-7-4-9(8(2)16(7)3)5-10(6-13)11(17)15-12(14)18/h4-5H,1-3H3,(H3,14,15,17,18)/b10-5-. The predicted molar refractivity (Wildman–Crippen MR) is 66.2 cm³/mol. The number of amides is 3. The zero-order valence-electron chi connectivity index (χ0n) is 10.4. The summed E-state index contributed by atoms with van der Waals surface area (Å²) < 4.78 is 1.94. The number of nitriles is 1. The van der Waals surface area contributed by atoms with Gasteiger partial charge in [-0.1, -0.05) is 0 Å². The Morgan fingerprint density at radius 3 is 2.50 bits per heavy atom. The quantitative estimate of drug-likeness (QED) is 0.594. The number of rotatable bonds is 2. The molecule has 0 saturated carbocycles. The second-order valence-electron chi connectivity index (χ2n) is 3.87. The fourth-order valence-corrected chi connectivity index (χ4v) is 1.51. The first-order valence-corrected chi connectivity index (χ1v) is 5.22. The van der Waals surface area contributed by atoms with Crippen LogP contribution in [0, 0.1) is 25.2 Å². The molecule has 0 aromatic carbocycles. The molecule has 94 valence electrons. The van der Waals surface area contributed by atoms with Gasteiger partial charge in [0.05, 0.1) is 0 Å². The van der Waals surface area contributed by atoms with Crippen LogP contribution in [0.2, 0.25) is 0 Å². The number of nitrogens with one attached hydrogen (secondary N) is 1. The lowest BCUT2D eigenvalue weighted by molar-refractivity contribution is -0.115. The Labute approximate surface area is 105 Å². The molecule has 6 heteroatoms. The van der Waals surface area contributed by atoms with Gasteiger partial charge in [0.1, 0.15) is 11.6 Å². The Morgan fingerprint density at radius 2 is 2.11 bits per heavy atom. The molecule has 1 aromatic heterocycles. The highest BCUT2D eigenvalue weighted by Crippen LogP contribution is 2.16. The molecule has 0 spiro atoms. The van der Waals surface area contributed by atoms with Crippen molar-refractivity contribution in [3.05, 3.63) is 28.6 Å². The molecule has 1 aromatic rings. The number of primary amides is 1. The van der Waals surface area contributed by atoms with Gasteiger partial charge in [0.2, 0.25) is 0 Å². The Hall–Kier alpha value is -2.55. The number of carbonyl (C=O) groups excluding carboxylic acids is 2. The van der Waals surface area contributed by atoms with E-state index in [1.807, 2.05) is 36.8 Å². The van der Waals surface area contributed by atoms with Crippen molar-refractivity contribution in [1.29, 1.82) is 5.26 Å². The minimum Gasteiger partial charge on any atom is -0.352 e. The van der Waals surface area contributed by atoms with Crippen molar-refractivity contribution in [2.45, 2.75) is 13.8 Å². The Morgan fingerprint density at radius 1 is 1.50 bits per heavy atom. The predicted octanol–water partition coefficient (Wildman–Crippen LogP) is 0.744. The largest absolute Gasteiger partial charge is 0.352 e. The maximum Gasteiger partial charge on any atom is 0.319 e. The maximum absolute atomic E-state index is 11.5. The van der Waals surface area contributed by atoms with Gasteiger partial charge >= 0.3 is 6.03 Å². The highest BCUT2D eigenvalue weighted by atomic mass is 16.2. The minimum atomic E-state index is -0.984. The first-order chi connectivity index (χ1) is 8.36. The van der Waals surface area contributed by atoms with Gasteiger partial charge in [0, 0.05) is 18.4 Å². The summed E-state index contributed by atoms with van der Waals surface area (Å²) in [5.41, 5.74) is 7.35. The average molecular weight is 246 g/mol. The van der Waals surface area contributed by atoms with Crippen molar-refractivity contribution in [2.24, 2.45) is 12.8 Å². The highest BCUT2D eigenvalue weighted by molar-refractivity contribution is 6.08.